The number of nitrogens with zero attached hydrogens (tertiary/aromatic N) is 1. The third-order valence-electron chi connectivity index (χ3n) is 3.25. The minimum atomic E-state index is -0.842. The van der Waals surface area contributed by atoms with Gasteiger partial charge in [-0.05, 0) is 42.1 Å². The summed E-state index contributed by atoms with van der Waals surface area (Å²) in [6.45, 7) is 1.87. The van der Waals surface area contributed by atoms with Gasteiger partial charge in [0.15, 0.2) is 0 Å². The van der Waals surface area contributed by atoms with Crippen LogP contribution in [-0.4, -0.2) is 10.1 Å². The van der Waals surface area contributed by atoms with E-state index in [2.05, 4.69) is 23.2 Å². The van der Waals surface area contributed by atoms with E-state index in [9.17, 15) is 5.11 Å². The molecule has 1 unspecified atom stereocenters. The zero-order chi connectivity index (χ0) is 13.3. The van der Waals surface area contributed by atoms with Crippen molar-refractivity contribution in [3.05, 3.63) is 65.3 Å². The van der Waals surface area contributed by atoms with E-state index >= 15 is 0 Å². The predicted octanol–water partition coefficient (Wildman–Crippen LogP) is 3.75. The smallest absolute Gasteiger partial charge is 0.1000 e. The molecule has 0 fully saturated rings. The molecule has 0 saturated carbocycles. The number of fused-ring (bicyclic) bond motifs is 1. The number of hydrogen-bond donors (Lipinski definition) is 1. The summed E-state index contributed by atoms with van der Waals surface area (Å²) in [6.07, 6.45) is 4.12. The lowest BCUT2D eigenvalue weighted by atomic mass is 9.95. The lowest BCUT2D eigenvalue weighted by Crippen LogP contribution is -2.22. The summed E-state index contributed by atoms with van der Waals surface area (Å²) in [5.41, 5.74) is 0.253. The average molecular weight is 269 g/mol. The molecule has 0 radical (unpaired) electrons. The molecule has 0 saturated heterocycles. The first kappa shape index (κ1) is 12.3. The Labute approximate surface area is 116 Å². The van der Waals surface area contributed by atoms with Crippen LogP contribution in [-0.2, 0) is 12.0 Å². The molecule has 0 aliphatic rings. The predicted molar refractivity (Wildman–Crippen MR) is 79.3 cm³/mol. The lowest BCUT2D eigenvalue weighted by molar-refractivity contribution is 0.0615. The minimum Gasteiger partial charge on any atom is -0.384 e. The molecular formula is C16H15NOS. The number of aromatic nitrogens is 1. The van der Waals surface area contributed by atoms with E-state index in [0.29, 0.717) is 6.42 Å². The van der Waals surface area contributed by atoms with Gasteiger partial charge in [0.25, 0.3) is 0 Å². The summed E-state index contributed by atoms with van der Waals surface area (Å²) in [5, 5.41) is 11.9. The van der Waals surface area contributed by atoms with E-state index in [1.165, 1.54) is 10.1 Å². The van der Waals surface area contributed by atoms with Crippen LogP contribution in [0.3, 0.4) is 0 Å². The average Bonchev–Trinajstić information content (AvgIpc) is 2.84. The monoisotopic (exact) mass is 269 g/mol. The Kier molecular flexibility index (Phi) is 3.09. The van der Waals surface area contributed by atoms with Crippen molar-refractivity contribution >= 4 is 21.4 Å². The van der Waals surface area contributed by atoms with Gasteiger partial charge in [-0.2, -0.15) is 0 Å². The second-order valence-electron chi connectivity index (χ2n) is 4.95. The van der Waals surface area contributed by atoms with Crippen LogP contribution in [0.4, 0.5) is 0 Å². The second-order valence-corrected chi connectivity index (χ2v) is 6.04. The van der Waals surface area contributed by atoms with Gasteiger partial charge < -0.3 is 5.11 Å². The van der Waals surface area contributed by atoms with Crippen LogP contribution in [0.2, 0.25) is 0 Å². The maximum absolute atomic E-state index is 10.7. The zero-order valence-corrected chi connectivity index (χ0v) is 11.5. The van der Waals surface area contributed by atoms with E-state index in [0.717, 1.165) is 10.4 Å². The molecule has 3 rings (SSSR count). The minimum absolute atomic E-state index is 0.600. The van der Waals surface area contributed by atoms with Crippen molar-refractivity contribution in [2.24, 2.45) is 0 Å². The Morgan fingerprint density at radius 3 is 2.63 bits per heavy atom. The number of pyridine rings is 1. The number of aliphatic hydroxyl groups is 1. The Hall–Kier alpha value is -1.71. The molecule has 3 heteroatoms. The SMILES string of the molecule is CC(O)(Cc1ccncc1)c1cc2ccccc2s1. The fraction of sp³-hybridized carbons (Fsp3) is 0.188. The Morgan fingerprint density at radius 1 is 1.16 bits per heavy atom. The summed E-state index contributed by atoms with van der Waals surface area (Å²) in [5.74, 6) is 0. The summed E-state index contributed by atoms with van der Waals surface area (Å²) in [6, 6.07) is 14.2. The fourth-order valence-corrected chi connectivity index (χ4v) is 3.34. The Balaban J connectivity index is 1.95. The summed E-state index contributed by atoms with van der Waals surface area (Å²) >= 11 is 1.66. The van der Waals surface area contributed by atoms with Crippen molar-refractivity contribution in [1.29, 1.82) is 0 Å². The molecule has 2 aromatic heterocycles. The van der Waals surface area contributed by atoms with Gasteiger partial charge in [-0.3, -0.25) is 4.98 Å². The van der Waals surface area contributed by atoms with Gasteiger partial charge in [-0.25, -0.2) is 0 Å². The standard InChI is InChI=1S/C16H15NOS/c1-16(18,11-12-6-8-17-9-7-12)15-10-13-4-2-3-5-14(13)19-15/h2-10,18H,11H2,1H3. The molecule has 0 aliphatic carbocycles. The van der Waals surface area contributed by atoms with Crippen LogP contribution in [0.1, 0.15) is 17.4 Å². The van der Waals surface area contributed by atoms with Crippen molar-refractivity contribution in [3.8, 4) is 0 Å². The molecule has 2 nitrogen and oxygen atoms in total. The first-order valence-corrected chi connectivity index (χ1v) is 7.07. The van der Waals surface area contributed by atoms with Crippen molar-refractivity contribution in [2.45, 2.75) is 18.9 Å². The zero-order valence-electron chi connectivity index (χ0n) is 10.7. The summed E-state index contributed by atoms with van der Waals surface area (Å²) in [7, 11) is 0. The highest BCUT2D eigenvalue weighted by Gasteiger charge is 2.25. The molecule has 0 bridgehead atoms. The van der Waals surface area contributed by atoms with Crippen molar-refractivity contribution in [3.63, 3.8) is 0 Å². The molecule has 96 valence electrons. The third-order valence-corrected chi connectivity index (χ3v) is 4.62. The van der Waals surface area contributed by atoms with Crippen LogP contribution >= 0.6 is 11.3 Å². The fourth-order valence-electron chi connectivity index (χ4n) is 2.23. The highest BCUT2D eigenvalue weighted by molar-refractivity contribution is 7.19. The van der Waals surface area contributed by atoms with Gasteiger partial charge in [-0.15, -0.1) is 11.3 Å². The van der Waals surface area contributed by atoms with Crippen LogP contribution in [0.15, 0.2) is 54.9 Å². The molecule has 0 spiro atoms. The molecule has 2 heterocycles. The lowest BCUT2D eigenvalue weighted by Gasteiger charge is -2.21. The van der Waals surface area contributed by atoms with Gasteiger partial charge in [0.1, 0.15) is 0 Å². The maximum Gasteiger partial charge on any atom is 0.1000 e. The van der Waals surface area contributed by atoms with Crippen molar-refractivity contribution in [1.82, 2.24) is 4.98 Å². The van der Waals surface area contributed by atoms with Crippen LogP contribution in [0.25, 0.3) is 10.1 Å². The molecule has 3 aromatic rings. The van der Waals surface area contributed by atoms with E-state index < -0.39 is 5.60 Å². The van der Waals surface area contributed by atoms with Crippen molar-refractivity contribution < 1.29 is 5.11 Å². The summed E-state index contributed by atoms with van der Waals surface area (Å²) < 4.78 is 1.22. The van der Waals surface area contributed by atoms with Gasteiger partial charge >= 0.3 is 0 Å². The number of rotatable bonds is 3. The molecule has 1 aromatic carbocycles. The number of hydrogen-bond acceptors (Lipinski definition) is 3. The van der Waals surface area contributed by atoms with Gasteiger partial charge in [0.2, 0.25) is 0 Å². The molecule has 19 heavy (non-hydrogen) atoms. The second kappa shape index (κ2) is 4.76. The first-order valence-electron chi connectivity index (χ1n) is 6.25. The van der Waals surface area contributed by atoms with E-state index in [-0.39, 0.29) is 0 Å². The van der Waals surface area contributed by atoms with Crippen LogP contribution in [0, 0.1) is 0 Å². The number of benzene rings is 1. The first-order chi connectivity index (χ1) is 9.15. The van der Waals surface area contributed by atoms with E-state index in [1.807, 2.05) is 31.2 Å². The normalized spacial score (nSPS) is 14.4. The molecule has 0 aliphatic heterocycles. The molecule has 1 N–H and O–H groups in total. The van der Waals surface area contributed by atoms with Gasteiger partial charge in [0.05, 0.1) is 5.60 Å². The van der Waals surface area contributed by atoms with Crippen molar-refractivity contribution in [2.75, 3.05) is 0 Å². The molecular weight excluding hydrogens is 254 g/mol. The summed E-state index contributed by atoms with van der Waals surface area (Å²) in [4.78, 5) is 5.01. The maximum atomic E-state index is 10.7. The van der Waals surface area contributed by atoms with E-state index in [4.69, 9.17) is 0 Å². The van der Waals surface area contributed by atoms with Gasteiger partial charge in [0, 0.05) is 28.4 Å². The van der Waals surface area contributed by atoms with Gasteiger partial charge in [-0.1, -0.05) is 18.2 Å². The molecule has 1 atom stereocenters. The highest BCUT2D eigenvalue weighted by Crippen LogP contribution is 2.35. The largest absolute Gasteiger partial charge is 0.384 e. The highest BCUT2D eigenvalue weighted by atomic mass is 32.1. The van der Waals surface area contributed by atoms with Crippen LogP contribution < -0.4 is 0 Å². The molecule has 0 amide bonds. The number of thiophene rings is 1. The van der Waals surface area contributed by atoms with Crippen LogP contribution in [0.5, 0.6) is 0 Å². The van der Waals surface area contributed by atoms with E-state index in [1.54, 1.807) is 23.7 Å². The Morgan fingerprint density at radius 2 is 1.89 bits per heavy atom. The quantitative estimate of drug-likeness (QED) is 0.785. The Bertz CT molecular complexity index is 655. The third kappa shape index (κ3) is 2.53. The topological polar surface area (TPSA) is 33.1 Å².